The number of ether oxygens (including phenoxy) is 1. The highest BCUT2D eigenvalue weighted by molar-refractivity contribution is 5.80. The Hall–Kier alpha value is -2.25. The average Bonchev–Trinajstić information content (AvgIpc) is 3.17. The molecule has 0 aromatic carbocycles. The van der Waals surface area contributed by atoms with Crippen LogP contribution < -0.4 is 10.6 Å². The number of alkyl carbamates (subject to hydrolysis) is 1. The minimum atomic E-state index is -0.478. The molecule has 1 aromatic rings. The number of nitrogens with one attached hydrogen (secondary N) is 2. The highest BCUT2D eigenvalue weighted by Gasteiger charge is 2.27. The van der Waals surface area contributed by atoms with E-state index >= 15 is 0 Å². The smallest absolute Gasteiger partial charge is 0.407 e. The van der Waals surface area contributed by atoms with Crippen LogP contribution >= 0.6 is 0 Å². The molecule has 25 heavy (non-hydrogen) atoms. The summed E-state index contributed by atoms with van der Waals surface area (Å²) in [6.07, 6.45) is 5.24. The van der Waals surface area contributed by atoms with Crippen LogP contribution in [0.15, 0.2) is 23.5 Å². The number of rotatable bonds is 5. The third-order valence-electron chi connectivity index (χ3n) is 3.83. The van der Waals surface area contributed by atoms with Gasteiger partial charge in [-0.15, -0.1) is 0 Å². The summed E-state index contributed by atoms with van der Waals surface area (Å²) in [7, 11) is 1.78. The summed E-state index contributed by atoms with van der Waals surface area (Å²) >= 11 is 0. The summed E-state index contributed by atoms with van der Waals surface area (Å²) in [6, 6.07) is 2.01. The van der Waals surface area contributed by atoms with Crippen LogP contribution in [0.25, 0.3) is 0 Å². The molecule has 2 N–H and O–H groups in total. The molecular weight excluding hydrogens is 320 g/mol. The zero-order valence-corrected chi connectivity index (χ0v) is 15.7. The van der Waals surface area contributed by atoms with E-state index in [9.17, 15) is 4.79 Å². The van der Waals surface area contributed by atoms with Gasteiger partial charge in [0.1, 0.15) is 5.60 Å². The number of carbonyl (C=O) groups excluding carboxylic acids is 1. The SMILES string of the molecule is CN=C(NCCCn1cccn1)N1CCC(NC(=O)OC(C)(C)C)C1. The van der Waals surface area contributed by atoms with Crippen LogP contribution in [0.5, 0.6) is 0 Å². The number of nitrogens with zero attached hydrogens (tertiary/aromatic N) is 4. The molecule has 1 aliphatic rings. The van der Waals surface area contributed by atoms with Gasteiger partial charge in [-0.05, 0) is 39.7 Å². The van der Waals surface area contributed by atoms with Crippen LogP contribution in [0.2, 0.25) is 0 Å². The maximum atomic E-state index is 11.9. The van der Waals surface area contributed by atoms with E-state index in [4.69, 9.17) is 4.74 Å². The van der Waals surface area contributed by atoms with Gasteiger partial charge in [0, 0.05) is 45.6 Å². The fourth-order valence-corrected chi connectivity index (χ4v) is 2.75. The monoisotopic (exact) mass is 350 g/mol. The van der Waals surface area contributed by atoms with Crippen LogP contribution in [0, 0.1) is 0 Å². The number of amides is 1. The van der Waals surface area contributed by atoms with Crippen LogP contribution in [-0.2, 0) is 11.3 Å². The van der Waals surface area contributed by atoms with Gasteiger partial charge in [0.2, 0.25) is 0 Å². The highest BCUT2D eigenvalue weighted by atomic mass is 16.6. The Morgan fingerprint density at radius 1 is 1.44 bits per heavy atom. The van der Waals surface area contributed by atoms with Gasteiger partial charge in [-0.2, -0.15) is 5.10 Å². The van der Waals surface area contributed by atoms with Crippen LogP contribution in [0.4, 0.5) is 4.79 Å². The Kier molecular flexibility index (Phi) is 6.66. The second-order valence-electron chi connectivity index (χ2n) is 7.17. The van der Waals surface area contributed by atoms with Gasteiger partial charge < -0.3 is 20.3 Å². The third-order valence-corrected chi connectivity index (χ3v) is 3.83. The first-order valence-electron chi connectivity index (χ1n) is 8.80. The number of hydrogen-bond acceptors (Lipinski definition) is 4. The molecule has 8 heteroatoms. The molecule has 2 heterocycles. The molecule has 1 aromatic heterocycles. The van der Waals surface area contributed by atoms with E-state index in [-0.39, 0.29) is 12.1 Å². The van der Waals surface area contributed by atoms with Gasteiger partial charge in [0.05, 0.1) is 6.04 Å². The van der Waals surface area contributed by atoms with E-state index in [0.717, 1.165) is 45.0 Å². The fraction of sp³-hybridized carbons (Fsp3) is 0.706. The molecule has 0 saturated carbocycles. The van der Waals surface area contributed by atoms with Crippen molar-refractivity contribution in [1.82, 2.24) is 25.3 Å². The summed E-state index contributed by atoms with van der Waals surface area (Å²) in [4.78, 5) is 18.4. The summed E-state index contributed by atoms with van der Waals surface area (Å²) < 4.78 is 7.23. The van der Waals surface area contributed by atoms with E-state index in [0.29, 0.717) is 0 Å². The lowest BCUT2D eigenvalue weighted by Gasteiger charge is -2.23. The zero-order valence-electron chi connectivity index (χ0n) is 15.7. The number of hydrogen-bond donors (Lipinski definition) is 2. The van der Waals surface area contributed by atoms with Crippen LogP contribution in [0.1, 0.15) is 33.6 Å². The Bertz CT molecular complexity index is 564. The van der Waals surface area contributed by atoms with Crippen molar-refractivity contribution in [3.8, 4) is 0 Å². The highest BCUT2D eigenvalue weighted by Crippen LogP contribution is 2.12. The normalized spacial score (nSPS) is 18.3. The first kappa shape index (κ1) is 19.1. The summed E-state index contributed by atoms with van der Waals surface area (Å²) in [5.41, 5.74) is -0.478. The molecule has 1 unspecified atom stereocenters. The van der Waals surface area contributed by atoms with Crippen molar-refractivity contribution in [3.63, 3.8) is 0 Å². The van der Waals surface area contributed by atoms with Gasteiger partial charge >= 0.3 is 6.09 Å². The number of carbonyl (C=O) groups is 1. The van der Waals surface area contributed by atoms with E-state index in [1.165, 1.54) is 0 Å². The molecule has 1 aliphatic heterocycles. The summed E-state index contributed by atoms with van der Waals surface area (Å²) in [5, 5.41) is 10.5. The lowest BCUT2D eigenvalue weighted by Crippen LogP contribution is -2.44. The maximum absolute atomic E-state index is 11.9. The van der Waals surface area contributed by atoms with E-state index in [1.54, 1.807) is 13.2 Å². The van der Waals surface area contributed by atoms with Crippen molar-refractivity contribution in [3.05, 3.63) is 18.5 Å². The predicted octanol–water partition coefficient (Wildman–Crippen LogP) is 1.45. The van der Waals surface area contributed by atoms with Crippen molar-refractivity contribution in [1.29, 1.82) is 0 Å². The molecule has 0 spiro atoms. The van der Waals surface area contributed by atoms with Crippen LogP contribution in [-0.4, -0.2) is 65.1 Å². The Balaban J connectivity index is 1.70. The Morgan fingerprint density at radius 3 is 2.88 bits per heavy atom. The number of aryl methyl sites for hydroxylation is 1. The molecule has 140 valence electrons. The molecule has 8 nitrogen and oxygen atoms in total. The summed E-state index contributed by atoms with van der Waals surface area (Å²) in [5.74, 6) is 0.869. The molecular formula is C17H30N6O2. The van der Waals surface area contributed by atoms with Crippen molar-refractivity contribution >= 4 is 12.1 Å². The molecule has 1 atom stereocenters. The first-order chi connectivity index (χ1) is 11.9. The predicted molar refractivity (Wildman–Crippen MR) is 97.6 cm³/mol. The van der Waals surface area contributed by atoms with Gasteiger partial charge in [0.25, 0.3) is 0 Å². The number of aliphatic imine (C=N–C) groups is 1. The van der Waals surface area contributed by atoms with Gasteiger partial charge in [-0.1, -0.05) is 0 Å². The molecule has 1 saturated heterocycles. The molecule has 0 aliphatic carbocycles. The van der Waals surface area contributed by atoms with E-state index < -0.39 is 5.60 Å². The van der Waals surface area contributed by atoms with Gasteiger partial charge in [-0.25, -0.2) is 4.79 Å². The Morgan fingerprint density at radius 2 is 2.24 bits per heavy atom. The van der Waals surface area contributed by atoms with Gasteiger partial charge in [0.15, 0.2) is 5.96 Å². The molecule has 1 fully saturated rings. The molecule has 2 rings (SSSR count). The first-order valence-corrected chi connectivity index (χ1v) is 8.80. The zero-order chi connectivity index (χ0) is 18.3. The van der Waals surface area contributed by atoms with Crippen molar-refractivity contribution < 1.29 is 9.53 Å². The molecule has 0 bridgehead atoms. The van der Waals surface area contributed by atoms with E-state index in [1.807, 2.05) is 37.7 Å². The topological polar surface area (TPSA) is 83.8 Å². The van der Waals surface area contributed by atoms with Crippen LogP contribution in [0.3, 0.4) is 0 Å². The standard InChI is InChI=1S/C17H30N6O2/c1-17(2,3)25-16(24)21-14-7-12-22(13-14)15(18-4)19-8-5-10-23-11-6-9-20-23/h6,9,11,14H,5,7-8,10,12-13H2,1-4H3,(H,18,19)(H,21,24). The van der Waals surface area contributed by atoms with Crippen molar-refractivity contribution in [2.45, 2.75) is 51.8 Å². The number of aromatic nitrogens is 2. The minimum absolute atomic E-state index is 0.0810. The lowest BCUT2D eigenvalue weighted by molar-refractivity contribution is 0.0507. The van der Waals surface area contributed by atoms with Crippen molar-refractivity contribution in [2.75, 3.05) is 26.7 Å². The molecule has 1 amide bonds. The largest absolute Gasteiger partial charge is 0.444 e. The average molecular weight is 350 g/mol. The minimum Gasteiger partial charge on any atom is -0.444 e. The number of guanidine groups is 1. The second kappa shape index (κ2) is 8.73. The second-order valence-corrected chi connectivity index (χ2v) is 7.17. The van der Waals surface area contributed by atoms with Gasteiger partial charge in [-0.3, -0.25) is 9.67 Å². The third kappa shape index (κ3) is 6.64. The summed E-state index contributed by atoms with van der Waals surface area (Å²) in [6.45, 7) is 8.89. The maximum Gasteiger partial charge on any atom is 0.407 e. The fourth-order valence-electron chi connectivity index (χ4n) is 2.75. The van der Waals surface area contributed by atoms with Crippen molar-refractivity contribution in [2.24, 2.45) is 4.99 Å². The Labute approximate surface area is 149 Å². The molecule has 0 radical (unpaired) electrons. The number of likely N-dealkylation sites (tertiary alicyclic amines) is 1. The van der Waals surface area contributed by atoms with E-state index in [2.05, 4.69) is 25.6 Å². The quantitative estimate of drug-likeness (QED) is 0.477. The lowest BCUT2D eigenvalue weighted by atomic mass is 10.2.